The molecule has 1 saturated heterocycles. The number of rotatable bonds is 9. The summed E-state index contributed by atoms with van der Waals surface area (Å²) in [5, 5.41) is 8.80. The van der Waals surface area contributed by atoms with Crippen molar-refractivity contribution in [2.45, 2.75) is 16.7 Å². The van der Waals surface area contributed by atoms with Crippen molar-refractivity contribution in [2.24, 2.45) is 5.92 Å². The monoisotopic (exact) mass is 427 g/mol. The second kappa shape index (κ2) is 10.6. The molecule has 2 aromatic rings. The Morgan fingerprint density at radius 2 is 1.47 bits per heavy atom. The molecule has 0 amide bonds. The summed E-state index contributed by atoms with van der Waals surface area (Å²) < 4.78 is 5.41. The number of piperazine rings is 1. The summed E-state index contributed by atoms with van der Waals surface area (Å²) in [6.07, 6.45) is 0. The smallest absolute Gasteiger partial charge is 0.0698 e. The predicted molar refractivity (Wildman–Crippen MR) is 124 cm³/mol. The quantitative estimate of drug-likeness (QED) is 0.617. The van der Waals surface area contributed by atoms with Gasteiger partial charge in [-0.1, -0.05) is 43.0 Å². The summed E-state index contributed by atoms with van der Waals surface area (Å²) in [6.45, 7) is 11.2. The van der Waals surface area contributed by atoms with E-state index < -0.39 is 0 Å². The minimum absolute atomic E-state index is 0.107. The molecule has 5 nitrogen and oxygen atoms in total. The molecule has 0 unspecified atom stereocenters. The van der Waals surface area contributed by atoms with Crippen molar-refractivity contribution in [3.05, 3.63) is 48.5 Å². The van der Waals surface area contributed by atoms with Crippen molar-refractivity contribution < 1.29 is 9.84 Å². The van der Waals surface area contributed by atoms with Gasteiger partial charge >= 0.3 is 0 Å². The third kappa shape index (κ3) is 5.37. The van der Waals surface area contributed by atoms with Crippen LogP contribution in [0.4, 0.5) is 11.4 Å². The van der Waals surface area contributed by atoms with Crippen molar-refractivity contribution in [1.82, 2.24) is 9.80 Å². The maximum absolute atomic E-state index is 8.80. The maximum Gasteiger partial charge on any atom is 0.0698 e. The first-order valence-corrected chi connectivity index (χ1v) is 11.8. The third-order valence-corrected chi connectivity index (χ3v) is 6.98. The Kier molecular flexibility index (Phi) is 7.68. The number of fused-ring (bicyclic) bond motifs is 2. The van der Waals surface area contributed by atoms with Crippen LogP contribution in [0.25, 0.3) is 0 Å². The summed E-state index contributed by atoms with van der Waals surface area (Å²) in [5.41, 5.74) is 2.67. The largest absolute Gasteiger partial charge is 0.394 e. The van der Waals surface area contributed by atoms with Crippen LogP contribution < -0.4 is 4.90 Å². The van der Waals surface area contributed by atoms with Gasteiger partial charge in [0.1, 0.15) is 0 Å². The van der Waals surface area contributed by atoms with Crippen LogP contribution in [-0.4, -0.2) is 80.5 Å². The van der Waals surface area contributed by atoms with Crippen molar-refractivity contribution in [2.75, 3.05) is 70.5 Å². The van der Waals surface area contributed by atoms with Crippen molar-refractivity contribution in [3.8, 4) is 0 Å². The zero-order chi connectivity index (χ0) is 20.8. The lowest BCUT2D eigenvalue weighted by molar-refractivity contribution is 0.0555. The normalized spacial score (nSPS) is 18.1. The minimum Gasteiger partial charge on any atom is -0.394 e. The lowest BCUT2D eigenvalue weighted by Crippen LogP contribution is -2.49. The molecule has 0 aliphatic carbocycles. The zero-order valence-electron chi connectivity index (χ0n) is 17.9. The fraction of sp³-hybridized carbons (Fsp3) is 0.500. The van der Waals surface area contributed by atoms with Gasteiger partial charge in [-0.2, -0.15) is 0 Å². The van der Waals surface area contributed by atoms with Crippen LogP contribution in [0.2, 0.25) is 0 Å². The average molecular weight is 428 g/mol. The summed E-state index contributed by atoms with van der Waals surface area (Å²) in [7, 11) is 0. The van der Waals surface area contributed by atoms with E-state index in [1.165, 1.54) is 21.2 Å². The van der Waals surface area contributed by atoms with Gasteiger partial charge in [-0.05, 0) is 30.2 Å². The van der Waals surface area contributed by atoms with Gasteiger partial charge in [0, 0.05) is 55.6 Å². The predicted octanol–water partition coefficient (Wildman–Crippen LogP) is 3.55. The van der Waals surface area contributed by atoms with Gasteiger partial charge in [-0.3, -0.25) is 4.90 Å². The fourth-order valence-corrected chi connectivity index (χ4v) is 5.44. The molecule has 0 radical (unpaired) electrons. The minimum atomic E-state index is 0.107. The van der Waals surface area contributed by atoms with Gasteiger partial charge in [-0.15, -0.1) is 0 Å². The first-order chi connectivity index (χ1) is 14.7. The molecule has 1 fully saturated rings. The van der Waals surface area contributed by atoms with Crippen LogP contribution in [-0.2, 0) is 4.74 Å². The molecule has 0 aromatic heterocycles. The summed E-state index contributed by atoms with van der Waals surface area (Å²) in [5.74, 6) is 0.577. The molecule has 0 bridgehead atoms. The number of anilines is 2. The molecular formula is C24H33N3O2S. The van der Waals surface area contributed by atoms with Gasteiger partial charge in [0.25, 0.3) is 0 Å². The van der Waals surface area contributed by atoms with E-state index in [1.54, 1.807) is 0 Å². The second-order valence-electron chi connectivity index (χ2n) is 8.23. The molecule has 4 rings (SSSR count). The molecular weight excluding hydrogens is 394 g/mol. The average Bonchev–Trinajstić information content (AvgIpc) is 2.77. The van der Waals surface area contributed by atoms with Crippen molar-refractivity contribution in [1.29, 1.82) is 0 Å². The Labute approximate surface area is 184 Å². The molecule has 2 aromatic carbocycles. The number of hydrogen-bond donors (Lipinski definition) is 1. The molecule has 2 aliphatic heterocycles. The van der Waals surface area contributed by atoms with E-state index in [4.69, 9.17) is 9.84 Å². The SMILES string of the molecule is C[C@@H](CN1CCN(CCOCCO)CC1)CN1c2ccccc2Sc2ccccc21. The number of aliphatic hydroxyl groups is 1. The molecule has 1 N–H and O–H groups in total. The van der Waals surface area contributed by atoms with Crippen LogP contribution in [0.3, 0.4) is 0 Å². The number of benzene rings is 2. The van der Waals surface area contributed by atoms with Crippen LogP contribution >= 0.6 is 11.8 Å². The molecule has 0 spiro atoms. The lowest BCUT2D eigenvalue weighted by atomic mass is 10.1. The van der Waals surface area contributed by atoms with Gasteiger partial charge in [0.05, 0.1) is 31.2 Å². The van der Waals surface area contributed by atoms with E-state index in [-0.39, 0.29) is 6.61 Å². The lowest BCUT2D eigenvalue weighted by Gasteiger charge is -2.38. The first-order valence-electron chi connectivity index (χ1n) is 11.0. The van der Waals surface area contributed by atoms with E-state index >= 15 is 0 Å². The Morgan fingerprint density at radius 3 is 2.10 bits per heavy atom. The van der Waals surface area contributed by atoms with Crippen LogP contribution in [0.1, 0.15) is 6.92 Å². The van der Waals surface area contributed by atoms with Gasteiger partial charge < -0.3 is 19.6 Å². The molecule has 1 atom stereocenters. The van der Waals surface area contributed by atoms with E-state index in [1.807, 2.05) is 11.8 Å². The van der Waals surface area contributed by atoms with Gasteiger partial charge in [0.2, 0.25) is 0 Å². The standard InChI is InChI=1S/C24H33N3O2S/c1-20(18-26-12-10-25(11-13-26)14-16-29-17-15-28)19-27-21-6-2-4-8-23(21)30-24-9-5-3-7-22(24)27/h2-9,20,28H,10-19H2,1H3/t20-/m0/s1. The Balaban J connectivity index is 1.31. The number of para-hydroxylation sites is 2. The fourth-order valence-electron chi connectivity index (χ4n) is 4.34. The van der Waals surface area contributed by atoms with Crippen LogP contribution in [0.5, 0.6) is 0 Å². The molecule has 30 heavy (non-hydrogen) atoms. The number of hydrogen-bond acceptors (Lipinski definition) is 6. The third-order valence-electron chi connectivity index (χ3n) is 5.85. The Hall–Kier alpha value is -1.57. The van der Waals surface area contributed by atoms with E-state index in [0.717, 1.165) is 45.8 Å². The van der Waals surface area contributed by atoms with Crippen LogP contribution in [0, 0.1) is 5.92 Å². The molecule has 0 saturated carbocycles. The van der Waals surface area contributed by atoms with Crippen LogP contribution in [0.15, 0.2) is 58.3 Å². The number of ether oxygens (including phenoxy) is 1. The Bertz CT molecular complexity index is 765. The highest BCUT2D eigenvalue weighted by Gasteiger charge is 2.25. The summed E-state index contributed by atoms with van der Waals surface area (Å²) in [6, 6.07) is 17.5. The van der Waals surface area contributed by atoms with E-state index in [0.29, 0.717) is 19.1 Å². The van der Waals surface area contributed by atoms with E-state index in [2.05, 4.69) is 70.2 Å². The number of aliphatic hydroxyl groups excluding tert-OH is 1. The van der Waals surface area contributed by atoms with Crippen molar-refractivity contribution >= 4 is 23.1 Å². The summed E-state index contributed by atoms with van der Waals surface area (Å²) >= 11 is 1.88. The summed E-state index contributed by atoms with van der Waals surface area (Å²) in [4.78, 5) is 10.3. The first kappa shape index (κ1) is 21.7. The zero-order valence-corrected chi connectivity index (χ0v) is 18.7. The topological polar surface area (TPSA) is 39.2 Å². The highest BCUT2D eigenvalue weighted by molar-refractivity contribution is 7.99. The maximum atomic E-state index is 8.80. The van der Waals surface area contributed by atoms with E-state index in [9.17, 15) is 0 Å². The molecule has 6 heteroatoms. The highest BCUT2D eigenvalue weighted by Crippen LogP contribution is 2.47. The molecule has 162 valence electrons. The highest BCUT2D eigenvalue weighted by atomic mass is 32.2. The molecule has 2 heterocycles. The molecule has 2 aliphatic rings. The second-order valence-corrected chi connectivity index (χ2v) is 9.32. The number of nitrogens with zero attached hydrogens (tertiary/aromatic N) is 3. The van der Waals surface area contributed by atoms with Gasteiger partial charge in [-0.25, -0.2) is 0 Å². The Morgan fingerprint density at radius 1 is 0.867 bits per heavy atom. The van der Waals surface area contributed by atoms with Gasteiger partial charge in [0.15, 0.2) is 0 Å². The van der Waals surface area contributed by atoms with Crippen molar-refractivity contribution in [3.63, 3.8) is 0 Å².